The largest absolute Gasteiger partial charge is 0.281 e. The van der Waals surface area contributed by atoms with Gasteiger partial charge in [-0.15, -0.1) is 0 Å². The van der Waals surface area contributed by atoms with E-state index >= 15 is 0 Å². The van der Waals surface area contributed by atoms with Crippen LogP contribution in [0.5, 0.6) is 0 Å². The molecule has 0 aliphatic heterocycles. The van der Waals surface area contributed by atoms with Crippen LogP contribution < -0.4 is 0 Å². The summed E-state index contributed by atoms with van der Waals surface area (Å²) in [6.45, 7) is 15.6. The molecule has 0 spiro atoms. The quantitative estimate of drug-likeness (QED) is 0.492. The number of rotatable bonds is 5. The van der Waals surface area contributed by atoms with Gasteiger partial charge in [-0.05, 0) is 28.1 Å². The topological polar surface area (TPSA) is 41.6 Å². The van der Waals surface area contributed by atoms with Crippen LogP contribution in [0.2, 0.25) is 0 Å². The third-order valence-corrected chi connectivity index (χ3v) is 4.12. The molecular formula is C19H23BrFN3S. The van der Waals surface area contributed by atoms with Gasteiger partial charge in [-0.25, -0.2) is 9.37 Å². The number of alkyl halides is 1. The highest BCUT2D eigenvalue weighted by Crippen LogP contribution is 2.31. The molecule has 0 saturated heterocycles. The van der Waals surface area contributed by atoms with Crippen molar-refractivity contribution in [3.05, 3.63) is 52.8 Å². The highest BCUT2D eigenvalue weighted by Gasteiger charge is 2.16. The summed E-state index contributed by atoms with van der Waals surface area (Å²) in [5.74, 6) is 0. The smallest absolute Gasteiger partial charge is 0.176 e. The Morgan fingerprint density at radius 3 is 2.32 bits per heavy atom. The molecule has 0 aliphatic rings. The van der Waals surface area contributed by atoms with Crippen molar-refractivity contribution in [3.8, 4) is 11.8 Å². The van der Waals surface area contributed by atoms with Crippen LogP contribution in [0.1, 0.15) is 44.4 Å². The molecular weight excluding hydrogens is 401 g/mol. The molecule has 2 rings (SSSR count). The molecule has 0 fully saturated rings. The van der Waals surface area contributed by atoms with Crippen LogP contribution in [-0.4, -0.2) is 15.6 Å². The molecule has 1 aromatic carbocycles. The monoisotopic (exact) mass is 423 g/mol. The van der Waals surface area contributed by atoms with Crippen molar-refractivity contribution in [2.24, 2.45) is 0 Å². The number of halogens is 2. The Balaban J connectivity index is 0.00000134. The van der Waals surface area contributed by atoms with Crippen LogP contribution in [-0.2, 0) is 0 Å². The number of benzene rings is 1. The van der Waals surface area contributed by atoms with E-state index < -0.39 is 6.01 Å². The molecule has 1 aromatic heterocycles. The highest BCUT2D eigenvalue weighted by molar-refractivity contribution is 9.10. The highest BCUT2D eigenvalue weighted by atomic mass is 79.9. The first kappa shape index (κ1) is 23.2. The molecule has 134 valence electrons. The minimum atomic E-state index is -0.572. The second-order valence-corrected chi connectivity index (χ2v) is 5.62. The molecule has 6 heteroatoms. The van der Waals surface area contributed by atoms with Gasteiger partial charge in [-0.2, -0.15) is 5.26 Å². The van der Waals surface area contributed by atoms with E-state index in [9.17, 15) is 9.65 Å². The summed E-state index contributed by atoms with van der Waals surface area (Å²) in [6, 6.07) is 5.05. The van der Waals surface area contributed by atoms with Gasteiger partial charge in [-0.1, -0.05) is 64.8 Å². The maximum absolute atomic E-state index is 12.6. The van der Waals surface area contributed by atoms with Crippen molar-refractivity contribution < 1.29 is 4.39 Å². The minimum Gasteiger partial charge on any atom is -0.281 e. The lowest BCUT2D eigenvalue weighted by Crippen LogP contribution is -2.02. The zero-order chi connectivity index (χ0) is 19.4. The Bertz CT molecular complexity index is 748. The van der Waals surface area contributed by atoms with Crippen molar-refractivity contribution in [2.45, 2.75) is 32.9 Å². The van der Waals surface area contributed by atoms with E-state index in [1.165, 1.54) is 0 Å². The second kappa shape index (κ2) is 12.5. The Morgan fingerprint density at radius 1 is 1.24 bits per heavy atom. The van der Waals surface area contributed by atoms with E-state index in [-0.39, 0.29) is 0 Å². The maximum atomic E-state index is 12.6. The number of nitriles is 1. The average molecular weight is 424 g/mol. The zero-order valence-corrected chi connectivity index (χ0v) is 17.4. The molecule has 0 bridgehead atoms. The first-order chi connectivity index (χ1) is 12.2. The molecule has 2 aromatic rings. The van der Waals surface area contributed by atoms with Crippen LogP contribution in [0, 0.1) is 11.3 Å². The molecule has 0 saturated carbocycles. The number of imidazole rings is 1. The van der Waals surface area contributed by atoms with Crippen molar-refractivity contribution in [3.63, 3.8) is 0 Å². The maximum Gasteiger partial charge on any atom is 0.176 e. The molecule has 0 amide bonds. The third-order valence-electron chi connectivity index (χ3n) is 2.90. The molecule has 0 aliphatic carbocycles. The number of hydrogen-bond acceptors (Lipinski definition) is 3. The lowest BCUT2D eigenvalue weighted by molar-refractivity contribution is 0.603. The van der Waals surface area contributed by atoms with Crippen LogP contribution >= 0.6 is 27.7 Å². The van der Waals surface area contributed by atoms with Crippen LogP contribution in [0.15, 0.2) is 41.2 Å². The standard InChI is InChI=1S/C15H11BrFN3S.2C2H6/c1-3-11-10(7-18)5-6-13(12(11)4-2)20-14(16)8-19-15(20)21-9-17;2*1-2/h3-6,8H,1-2,9H2;2*1-2H3. The Kier molecular flexibility index (Phi) is 11.6. The summed E-state index contributed by atoms with van der Waals surface area (Å²) >= 11 is 4.40. The summed E-state index contributed by atoms with van der Waals surface area (Å²) in [4.78, 5) is 4.17. The summed E-state index contributed by atoms with van der Waals surface area (Å²) in [6.07, 6.45) is 4.88. The van der Waals surface area contributed by atoms with E-state index in [1.807, 2.05) is 27.7 Å². The summed E-state index contributed by atoms with van der Waals surface area (Å²) in [5.41, 5.74) is 2.73. The van der Waals surface area contributed by atoms with Gasteiger partial charge >= 0.3 is 0 Å². The van der Waals surface area contributed by atoms with Crippen LogP contribution in [0.3, 0.4) is 0 Å². The number of hydrogen-bond donors (Lipinski definition) is 0. The van der Waals surface area contributed by atoms with E-state index in [4.69, 9.17) is 0 Å². The van der Waals surface area contributed by atoms with E-state index in [0.717, 1.165) is 23.0 Å². The van der Waals surface area contributed by atoms with E-state index in [1.54, 1.807) is 35.0 Å². The molecule has 0 atom stereocenters. The molecule has 1 heterocycles. The fraction of sp³-hybridized carbons (Fsp3) is 0.263. The van der Waals surface area contributed by atoms with Gasteiger partial charge in [0, 0.05) is 11.1 Å². The fourth-order valence-electron chi connectivity index (χ4n) is 2.04. The van der Waals surface area contributed by atoms with E-state index in [2.05, 4.69) is 40.1 Å². The molecule has 3 nitrogen and oxygen atoms in total. The molecule has 25 heavy (non-hydrogen) atoms. The number of thioether (sulfide) groups is 1. The first-order valence-corrected chi connectivity index (χ1v) is 9.70. The van der Waals surface area contributed by atoms with Crippen molar-refractivity contribution >= 4 is 39.8 Å². The van der Waals surface area contributed by atoms with Gasteiger partial charge in [0.2, 0.25) is 0 Å². The predicted octanol–water partition coefficient (Wildman–Crippen LogP) is 6.86. The van der Waals surface area contributed by atoms with Crippen molar-refractivity contribution in [1.82, 2.24) is 9.55 Å². The Labute approximate surface area is 162 Å². The van der Waals surface area contributed by atoms with E-state index in [0.29, 0.717) is 20.9 Å². The molecule has 0 unspecified atom stereocenters. The first-order valence-electron chi connectivity index (χ1n) is 7.92. The van der Waals surface area contributed by atoms with Gasteiger partial charge in [0.1, 0.15) is 10.6 Å². The second-order valence-electron chi connectivity index (χ2n) is 3.93. The number of aromatic nitrogens is 2. The minimum absolute atomic E-state index is 0.514. The number of nitrogens with zero attached hydrogens (tertiary/aromatic N) is 3. The summed E-state index contributed by atoms with van der Waals surface area (Å²) < 4.78 is 15.1. The molecule has 0 radical (unpaired) electrons. The van der Waals surface area contributed by atoms with Gasteiger partial charge in [0.05, 0.1) is 23.5 Å². The normalized spacial score (nSPS) is 9.00. The van der Waals surface area contributed by atoms with Gasteiger partial charge in [-0.3, -0.25) is 4.57 Å². The van der Waals surface area contributed by atoms with Gasteiger partial charge < -0.3 is 0 Å². The predicted molar refractivity (Wildman–Crippen MR) is 111 cm³/mol. The lowest BCUT2D eigenvalue weighted by Gasteiger charge is -2.14. The average Bonchev–Trinajstić information content (AvgIpc) is 3.04. The Morgan fingerprint density at radius 2 is 1.84 bits per heavy atom. The van der Waals surface area contributed by atoms with Crippen molar-refractivity contribution in [1.29, 1.82) is 5.26 Å². The fourth-order valence-corrected chi connectivity index (χ4v) is 3.17. The van der Waals surface area contributed by atoms with Crippen LogP contribution in [0.25, 0.3) is 17.8 Å². The van der Waals surface area contributed by atoms with Gasteiger partial charge in [0.15, 0.2) is 5.16 Å². The van der Waals surface area contributed by atoms with Crippen molar-refractivity contribution in [2.75, 3.05) is 6.01 Å². The lowest BCUT2D eigenvalue weighted by atomic mass is 9.99. The Hall–Kier alpha value is -1.84. The van der Waals surface area contributed by atoms with Crippen LogP contribution in [0.4, 0.5) is 4.39 Å². The SMILES string of the molecule is C=Cc1c(C#N)ccc(-n2c(Br)cnc2SCF)c1C=C.CC.CC. The summed E-state index contributed by atoms with van der Waals surface area (Å²) in [5, 5.41) is 9.69. The zero-order valence-electron chi connectivity index (χ0n) is 15.0. The third kappa shape index (κ3) is 5.32. The van der Waals surface area contributed by atoms with Gasteiger partial charge in [0.25, 0.3) is 0 Å². The molecule has 0 N–H and O–H groups in total. The summed E-state index contributed by atoms with van der Waals surface area (Å²) in [7, 11) is 0.